The molecule has 26 heavy (non-hydrogen) atoms. The van der Waals surface area contributed by atoms with Crippen LogP contribution in [0.3, 0.4) is 0 Å². The SMILES string of the molecule is Cc1cc(Nc2ccc(F)c(F)c2)nc(Nc2ccc(F)c(F)c2F)n1. The lowest BCUT2D eigenvalue weighted by Gasteiger charge is -2.11. The number of nitrogens with one attached hydrogen (secondary N) is 2. The molecule has 134 valence electrons. The minimum absolute atomic E-state index is 0.0972. The van der Waals surface area contributed by atoms with E-state index in [2.05, 4.69) is 20.6 Å². The third kappa shape index (κ3) is 3.71. The summed E-state index contributed by atoms with van der Waals surface area (Å²) in [5.74, 6) is -6.28. The molecule has 4 nitrogen and oxygen atoms in total. The van der Waals surface area contributed by atoms with Crippen molar-refractivity contribution in [1.82, 2.24) is 9.97 Å². The van der Waals surface area contributed by atoms with Crippen molar-refractivity contribution in [2.45, 2.75) is 6.92 Å². The van der Waals surface area contributed by atoms with Gasteiger partial charge in [-0.15, -0.1) is 0 Å². The minimum atomic E-state index is -1.62. The number of halogens is 5. The van der Waals surface area contributed by atoms with Crippen LogP contribution in [0.25, 0.3) is 0 Å². The number of nitrogens with zero attached hydrogens (tertiary/aromatic N) is 2. The summed E-state index contributed by atoms with van der Waals surface area (Å²) < 4.78 is 66.3. The first-order valence-corrected chi connectivity index (χ1v) is 7.32. The van der Waals surface area contributed by atoms with Crippen LogP contribution in [0.15, 0.2) is 36.4 Å². The molecule has 3 aromatic rings. The van der Waals surface area contributed by atoms with Crippen LogP contribution in [-0.2, 0) is 0 Å². The van der Waals surface area contributed by atoms with E-state index in [1.807, 2.05) is 0 Å². The molecule has 0 saturated heterocycles. The van der Waals surface area contributed by atoms with E-state index >= 15 is 0 Å². The van der Waals surface area contributed by atoms with Crippen LogP contribution in [-0.4, -0.2) is 9.97 Å². The van der Waals surface area contributed by atoms with Gasteiger partial charge in [-0.2, -0.15) is 4.98 Å². The van der Waals surface area contributed by atoms with Crippen molar-refractivity contribution in [3.8, 4) is 0 Å². The fraction of sp³-hybridized carbons (Fsp3) is 0.0588. The molecule has 2 N–H and O–H groups in total. The summed E-state index contributed by atoms with van der Waals surface area (Å²) in [6.07, 6.45) is 0. The van der Waals surface area contributed by atoms with Crippen molar-refractivity contribution in [2.75, 3.05) is 10.6 Å². The molecule has 0 atom stereocenters. The van der Waals surface area contributed by atoms with Crippen molar-refractivity contribution >= 4 is 23.1 Å². The Morgan fingerprint density at radius 3 is 2.19 bits per heavy atom. The summed E-state index contributed by atoms with van der Waals surface area (Å²) in [5, 5.41) is 5.20. The number of hydrogen-bond donors (Lipinski definition) is 2. The van der Waals surface area contributed by atoms with Crippen molar-refractivity contribution < 1.29 is 22.0 Å². The number of aryl methyl sites for hydroxylation is 1. The maximum absolute atomic E-state index is 13.8. The fourth-order valence-corrected chi connectivity index (χ4v) is 2.15. The lowest BCUT2D eigenvalue weighted by Crippen LogP contribution is -2.05. The average Bonchev–Trinajstić information content (AvgIpc) is 2.58. The van der Waals surface area contributed by atoms with Crippen LogP contribution in [0.1, 0.15) is 5.69 Å². The fourth-order valence-electron chi connectivity index (χ4n) is 2.15. The summed E-state index contributed by atoms with van der Waals surface area (Å²) >= 11 is 0. The van der Waals surface area contributed by atoms with Crippen molar-refractivity contribution in [3.63, 3.8) is 0 Å². The summed E-state index contributed by atoms with van der Waals surface area (Å²) in [6.45, 7) is 1.62. The van der Waals surface area contributed by atoms with Gasteiger partial charge in [0, 0.05) is 23.5 Å². The zero-order valence-electron chi connectivity index (χ0n) is 13.2. The van der Waals surface area contributed by atoms with E-state index in [0.29, 0.717) is 5.69 Å². The molecular formula is C17H11F5N4. The minimum Gasteiger partial charge on any atom is -0.340 e. The highest BCUT2D eigenvalue weighted by Gasteiger charge is 2.14. The second-order valence-electron chi connectivity index (χ2n) is 5.32. The second-order valence-corrected chi connectivity index (χ2v) is 5.32. The molecule has 1 heterocycles. The average molecular weight is 366 g/mol. The van der Waals surface area contributed by atoms with Gasteiger partial charge < -0.3 is 10.6 Å². The topological polar surface area (TPSA) is 49.8 Å². The number of hydrogen-bond acceptors (Lipinski definition) is 4. The normalized spacial score (nSPS) is 10.7. The van der Waals surface area contributed by atoms with E-state index in [0.717, 1.165) is 24.3 Å². The molecule has 0 saturated carbocycles. The van der Waals surface area contributed by atoms with Gasteiger partial charge in [0.2, 0.25) is 5.95 Å². The largest absolute Gasteiger partial charge is 0.340 e. The molecule has 0 unspecified atom stereocenters. The van der Waals surface area contributed by atoms with Gasteiger partial charge >= 0.3 is 0 Å². The van der Waals surface area contributed by atoms with Crippen molar-refractivity contribution in [2.24, 2.45) is 0 Å². The number of aromatic nitrogens is 2. The maximum Gasteiger partial charge on any atom is 0.229 e. The van der Waals surface area contributed by atoms with Gasteiger partial charge in [0.05, 0.1) is 5.69 Å². The van der Waals surface area contributed by atoms with Gasteiger partial charge in [-0.25, -0.2) is 26.9 Å². The van der Waals surface area contributed by atoms with Crippen LogP contribution >= 0.6 is 0 Å². The first-order valence-electron chi connectivity index (χ1n) is 7.32. The van der Waals surface area contributed by atoms with Gasteiger partial charge in [0.15, 0.2) is 29.1 Å². The van der Waals surface area contributed by atoms with Crippen LogP contribution < -0.4 is 10.6 Å². The van der Waals surface area contributed by atoms with Crippen LogP contribution in [0, 0.1) is 36.0 Å². The lowest BCUT2D eigenvalue weighted by molar-refractivity contribution is 0.449. The Kier molecular flexibility index (Phi) is 4.70. The van der Waals surface area contributed by atoms with Gasteiger partial charge in [-0.3, -0.25) is 0 Å². The standard InChI is InChI=1S/C17H11F5N4/c1-8-6-14(24-9-2-3-10(18)12(20)7-9)26-17(23-8)25-13-5-4-11(19)15(21)16(13)22/h2-7H,1H3,(H2,23,24,25,26). The molecule has 9 heteroatoms. The molecule has 0 aliphatic rings. The first-order chi connectivity index (χ1) is 12.3. The third-order valence-electron chi connectivity index (χ3n) is 3.33. The Labute approximate surface area is 144 Å². The zero-order chi connectivity index (χ0) is 18.8. The van der Waals surface area contributed by atoms with Crippen LogP contribution in [0.5, 0.6) is 0 Å². The first kappa shape index (κ1) is 17.6. The van der Waals surface area contributed by atoms with E-state index in [4.69, 9.17) is 0 Å². The predicted octanol–water partition coefficient (Wildman–Crippen LogP) is 4.97. The summed E-state index contributed by atoms with van der Waals surface area (Å²) in [5.41, 5.74) is 0.329. The lowest BCUT2D eigenvalue weighted by atomic mass is 10.3. The quantitative estimate of drug-likeness (QED) is 0.506. The Hall–Kier alpha value is -3.23. The van der Waals surface area contributed by atoms with E-state index in [-0.39, 0.29) is 23.1 Å². The molecule has 0 aliphatic carbocycles. The molecule has 3 rings (SSSR count). The summed E-state index contributed by atoms with van der Waals surface area (Å²) in [7, 11) is 0. The highest BCUT2D eigenvalue weighted by Crippen LogP contribution is 2.24. The molecule has 0 fully saturated rings. The maximum atomic E-state index is 13.8. The third-order valence-corrected chi connectivity index (χ3v) is 3.33. The molecule has 0 spiro atoms. The zero-order valence-corrected chi connectivity index (χ0v) is 13.2. The van der Waals surface area contributed by atoms with E-state index in [9.17, 15) is 22.0 Å². The molecule has 0 amide bonds. The van der Waals surface area contributed by atoms with Gasteiger partial charge in [-0.1, -0.05) is 0 Å². The molecule has 0 radical (unpaired) electrons. The Morgan fingerprint density at radius 2 is 1.46 bits per heavy atom. The highest BCUT2D eigenvalue weighted by atomic mass is 19.2. The smallest absolute Gasteiger partial charge is 0.229 e. The Balaban J connectivity index is 1.88. The van der Waals surface area contributed by atoms with E-state index in [1.54, 1.807) is 6.92 Å². The molecule has 0 bridgehead atoms. The monoisotopic (exact) mass is 366 g/mol. The van der Waals surface area contributed by atoms with Gasteiger partial charge in [0.1, 0.15) is 5.82 Å². The Bertz CT molecular complexity index is 978. The predicted molar refractivity (Wildman–Crippen MR) is 86.0 cm³/mol. The summed E-state index contributed by atoms with van der Waals surface area (Å²) in [4.78, 5) is 8.05. The van der Waals surface area contributed by atoms with Crippen LogP contribution in [0.4, 0.5) is 45.1 Å². The Morgan fingerprint density at radius 1 is 0.731 bits per heavy atom. The van der Waals surface area contributed by atoms with Crippen molar-refractivity contribution in [1.29, 1.82) is 0 Å². The van der Waals surface area contributed by atoms with Crippen molar-refractivity contribution in [3.05, 3.63) is 71.2 Å². The van der Waals surface area contributed by atoms with Gasteiger partial charge in [-0.05, 0) is 31.2 Å². The summed E-state index contributed by atoms with van der Waals surface area (Å²) in [6, 6.07) is 6.46. The molecule has 0 aliphatic heterocycles. The van der Waals surface area contributed by atoms with E-state index < -0.39 is 29.1 Å². The number of anilines is 4. The molecule has 1 aromatic heterocycles. The molecule has 2 aromatic carbocycles. The van der Waals surface area contributed by atoms with Crippen LogP contribution in [0.2, 0.25) is 0 Å². The molecular weight excluding hydrogens is 355 g/mol. The highest BCUT2D eigenvalue weighted by molar-refractivity contribution is 5.60. The number of rotatable bonds is 4. The van der Waals surface area contributed by atoms with E-state index in [1.165, 1.54) is 12.1 Å². The van der Waals surface area contributed by atoms with Gasteiger partial charge in [0.25, 0.3) is 0 Å². The number of benzene rings is 2. The second kappa shape index (κ2) is 6.95.